The lowest BCUT2D eigenvalue weighted by atomic mass is 10.1. The van der Waals surface area contributed by atoms with Gasteiger partial charge in [0.2, 0.25) is 5.82 Å². The molecule has 5 nitrogen and oxygen atoms in total. The minimum Gasteiger partial charge on any atom is -0.324 e. The minimum absolute atomic E-state index is 0.359. The molecule has 0 atom stereocenters. The number of nitro benzene ring substituents is 1. The van der Waals surface area contributed by atoms with Crippen molar-refractivity contribution >= 4 is 11.5 Å². The lowest BCUT2D eigenvalue weighted by Crippen LogP contribution is -2.15. The molecule has 0 bridgehead atoms. The number of hydrogen-bond acceptors (Lipinski definition) is 4. The van der Waals surface area contributed by atoms with Crippen LogP contribution in [0.1, 0.15) is 10.4 Å². The Balaban J connectivity index is 3.31. The molecule has 0 amide bonds. The van der Waals surface area contributed by atoms with Crippen molar-refractivity contribution < 1.29 is 18.5 Å². The van der Waals surface area contributed by atoms with Crippen molar-refractivity contribution in [3.05, 3.63) is 39.4 Å². The average molecular weight is 216 g/mol. The molecule has 0 saturated heterocycles. The molecule has 7 heteroatoms. The summed E-state index contributed by atoms with van der Waals surface area (Å²) in [6.07, 6.45) is 0. The van der Waals surface area contributed by atoms with Crippen LogP contribution in [0.4, 0.5) is 14.5 Å². The van der Waals surface area contributed by atoms with E-state index in [4.69, 9.17) is 5.73 Å². The highest BCUT2D eigenvalue weighted by Crippen LogP contribution is 2.21. The Morgan fingerprint density at radius 1 is 1.40 bits per heavy atom. The number of Topliss-reactive ketones (excluding diaryl/α,β-unsaturated/α-hetero) is 1. The largest absolute Gasteiger partial charge is 0.324 e. The summed E-state index contributed by atoms with van der Waals surface area (Å²) in [5, 5.41) is 10.2. The van der Waals surface area contributed by atoms with E-state index in [1.54, 1.807) is 0 Å². The predicted molar refractivity (Wildman–Crippen MR) is 46.4 cm³/mol. The highest BCUT2D eigenvalue weighted by atomic mass is 19.1. The van der Waals surface area contributed by atoms with Crippen LogP contribution in [-0.2, 0) is 0 Å². The maximum atomic E-state index is 13.1. The zero-order chi connectivity index (χ0) is 11.6. The fraction of sp³-hybridized carbons (Fsp3) is 0.125. The molecule has 0 fully saturated rings. The normalized spacial score (nSPS) is 10.1. The second kappa shape index (κ2) is 4.09. The maximum Gasteiger partial charge on any atom is 0.307 e. The molecule has 0 aliphatic carbocycles. The van der Waals surface area contributed by atoms with Gasteiger partial charge < -0.3 is 5.73 Å². The van der Waals surface area contributed by atoms with Crippen LogP contribution in [0.15, 0.2) is 12.1 Å². The maximum absolute atomic E-state index is 13.1. The molecule has 1 aromatic carbocycles. The van der Waals surface area contributed by atoms with Gasteiger partial charge in [-0.25, -0.2) is 4.39 Å². The van der Waals surface area contributed by atoms with Crippen molar-refractivity contribution in [3.63, 3.8) is 0 Å². The third-order valence-electron chi connectivity index (χ3n) is 1.72. The summed E-state index contributed by atoms with van der Waals surface area (Å²) < 4.78 is 26.1. The van der Waals surface area contributed by atoms with E-state index >= 15 is 0 Å². The quantitative estimate of drug-likeness (QED) is 0.464. The number of nitrogens with zero attached hydrogens (tertiary/aromatic N) is 1. The number of carbonyl (C=O) groups excluding carboxylic acids is 1. The first-order valence-corrected chi connectivity index (χ1v) is 3.84. The molecule has 0 aliphatic heterocycles. The highest BCUT2D eigenvalue weighted by Gasteiger charge is 2.21. The standard InChI is InChI=1S/C8H6F2N2O3/c9-5-2-7(12(14)15)6(10)1-4(5)8(13)3-11/h1-2H,3,11H2. The smallest absolute Gasteiger partial charge is 0.307 e. The van der Waals surface area contributed by atoms with Gasteiger partial charge in [-0.15, -0.1) is 0 Å². The summed E-state index contributed by atoms with van der Waals surface area (Å²) in [4.78, 5) is 20.1. The van der Waals surface area contributed by atoms with E-state index in [1.807, 2.05) is 0 Å². The van der Waals surface area contributed by atoms with Crippen molar-refractivity contribution in [1.29, 1.82) is 0 Å². The minimum atomic E-state index is -1.27. The zero-order valence-corrected chi connectivity index (χ0v) is 7.37. The number of hydrogen-bond donors (Lipinski definition) is 1. The highest BCUT2D eigenvalue weighted by molar-refractivity contribution is 5.97. The number of ketones is 1. The number of carbonyl (C=O) groups is 1. The van der Waals surface area contributed by atoms with Crippen LogP contribution in [0.5, 0.6) is 0 Å². The summed E-state index contributed by atoms with van der Waals surface area (Å²) in [7, 11) is 0. The van der Waals surface area contributed by atoms with Gasteiger partial charge in [0.25, 0.3) is 0 Å². The molecule has 1 aromatic rings. The van der Waals surface area contributed by atoms with Crippen molar-refractivity contribution in [3.8, 4) is 0 Å². The van der Waals surface area contributed by atoms with Gasteiger partial charge in [0.15, 0.2) is 5.78 Å². The Bertz CT molecular complexity index is 434. The fourth-order valence-electron chi connectivity index (χ4n) is 1.000. The molecule has 80 valence electrons. The first-order valence-electron chi connectivity index (χ1n) is 3.84. The molecule has 0 radical (unpaired) electrons. The van der Waals surface area contributed by atoms with Gasteiger partial charge in [0.1, 0.15) is 5.82 Å². The molecule has 2 N–H and O–H groups in total. The summed E-state index contributed by atoms with van der Waals surface area (Å²) in [6, 6.07) is 0.834. The first-order chi connectivity index (χ1) is 6.97. The monoisotopic (exact) mass is 216 g/mol. The Labute approximate surface area is 82.6 Å². The van der Waals surface area contributed by atoms with E-state index in [-0.39, 0.29) is 0 Å². The molecule has 0 saturated carbocycles. The van der Waals surface area contributed by atoms with E-state index in [0.29, 0.717) is 12.1 Å². The van der Waals surface area contributed by atoms with Crippen LogP contribution in [0.2, 0.25) is 0 Å². The van der Waals surface area contributed by atoms with Crippen LogP contribution in [0, 0.1) is 21.7 Å². The van der Waals surface area contributed by atoms with E-state index < -0.39 is 40.1 Å². The molecular formula is C8H6F2N2O3. The van der Waals surface area contributed by atoms with Crippen LogP contribution in [-0.4, -0.2) is 17.3 Å². The predicted octanol–water partition coefficient (Wildman–Crippen LogP) is 1.01. The SMILES string of the molecule is NCC(=O)c1cc(F)c([N+](=O)[O-])cc1F. The summed E-state index contributed by atoms with van der Waals surface area (Å²) >= 11 is 0. The van der Waals surface area contributed by atoms with Gasteiger partial charge in [0, 0.05) is 0 Å². The lowest BCUT2D eigenvalue weighted by Gasteiger charge is -2.00. The molecule has 1 rings (SSSR count). The topological polar surface area (TPSA) is 86.2 Å². The molecule has 0 aromatic heterocycles. The van der Waals surface area contributed by atoms with E-state index in [9.17, 15) is 23.7 Å². The van der Waals surface area contributed by atoms with E-state index in [1.165, 1.54) is 0 Å². The number of nitro groups is 1. The van der Waals surface area contributed by atoms with Gasteiger partial charge in [-0.3, -0.25) is 14.9 Å². The third kappa shape index (κ3) is 2.13. The Hall–Kier alpha value is -1.89. The van der Waals surface area contributed by atoms with Crippen molar-refractivity contribution in [1.82, 2.24) is 0 Å². The zero-order valence-electron chi connectivity index (χ0n) is 7.37. The van der Waals surface area contributed by atoms with E-state index in [0.717, 1.165) is 0 Å². The molecule has 0 aliphatic rings. The lowest BCUT2D eigenvalue weighted by molar-refractivity contribution is -0.387. The Morgan fingerprint density at radius 3 is 2.47 bits per heavy atom. The number of nitrogens with two attached hydrogens (primary N) is 1. The number of rotatable bonds is 3. The van der Waals surface area contributed by atoms with Crippen molar-refractivity contribution in [2.24, 2.45) is 5.73 Å². The Morgan fingerprint density at radius 2 is 2.00 bits per heavy atom. The summed E-state index contributed by atoms with van der Waals surface area (Å²) in [5.74, 6) is -3.24. The van der Waals surface area contributed by atoms with Crippen LogP contribution in [0.3, 0.4) is 0 Å². The number of benzene rings is 1. The molecule has 0 spiro atoms. The third-order valence-corrected chi connectivity index (χ3v) is 1.72. The summed E-state index contributed by atoms with van der Waals surface area (Å²) in [6.45, 7) is -0.492. The van der Waals surface area contributed by atoms with Gasteiger partial charge in [0.05, 0.1) is 23.1 Å². The second-order valence-corrected chi connectivity index (χ2v) is 2.67. The van der Waals surface area contributed by atoms with Crippen LogP contribution < -0.4 is 5.73 Å². The van der Waals surface area contributed by atoms with Crippen molar-refractivity contribution in [2.75, 3.05) is 6.54 Å². The molecular weight excluding hydrogens is 210 g/mol. The molecule has 0 unspecified atom stereocenters. The van der Waals surface area contributed by atoms with Gasteiger partial charge in [-0.2, -0.15) is 4.39 Å². The average Bonchev–Trinajstić information content (AvgIpc) is 2.19. The van der Waals surface area contributed by atoms with E-state index in [2.05, 4.69) is 0 Å². The Kier molecular flexibility index (Phi) is 3.05. The fourth-order valence-corrected chi connectivity index (χ4v) is 1.000. The summed E-state index contributed by atoms with van der Waals surface area (Å²) in [5.41, 5.74) is 3.35. The first kappa shape index (κ1) is 11.2. The van der Waals surface area contributed by atoms with Crippen LogP contribution in [0.25, 0.3) is 0 Å². The van der Waals surface area contributed by atoms with Crippen LogP contribution >= 0.6 is 0 Å². The molecule has 15 heavy (non-hydrogen) atoms. The number of halogens is 2. The van der Waals surface area contributed by atoms with Gasteiger partial charge in [-0.05, 0) is 6.07 Å². The van der Waals surface area contributed by atoms with Crippen molar-refractivity contribution in [2.45, 2.75) is 0 Å². The van der Waals surface area contributed by atoms with Gasteiger partial charge in [-0.1, -0.05) is 0 Å². The van der Waals surface area contributed by atoms with Gasteiger partial charge >= 0.3 is 5.69 Å². The molecule has 0 heterocycles. The second-order valence-electron chi connectivity index (χ2n) is 2.67.